The van der Waals surface area contributed by atoms with Crippen molar-refractivity contribution >= 4 is 17.7 Å². The number of ether oxygens (including phenoxy) is 1. The minimum atomic E-state index is -0.288. The lowest BCUT2D eigenvalue weighted by Gasteiger charge is -2.29. The van der Waals surface area contributed by atoms with Crippen molar-refractivity contribution in [1.29, 1.82) is 0 Å². The normalized spacial score (nSPS) is 27.7. The number of amides is 1. The van der Waals surface area contributed by atoms with E-state index in [1.807, 2.05) is 25.1 Å². The molecule has 2 fully saturated rings. The van der Waals surface area contributed by atoms with Crippen LogP contribution >= 0.6 is 11.8 Å². The van der Waals surface area contributed by atoms with E-state index in [4.69, 9.17) is 4.74 Å². The molecule has 1 aliphatic heterocycles. The first-order chi connectivity index (χ1) is 10.2. The lowest BCUT2D eigenvalue weighted by molar-refractivity contribution is -0.124. The third kappa shape index (κ3) is 3.27. The van der Waals surface area contributed by atoms with Gasteiger partial charge in [0.05, 0.1) is 16.9 Å². The Hall–Kier alpha value is -1.00. The van der Waals surface area contributed by atoms with E-state index in [2.05, 4.69) is 17.4 Å². The Morgan fingerprint density at radius 2 is 2.00 bits per heavy atom. The van der Waals surface area contributed by atoms with Gasteiger partial charge in [0.25, 0.3) is 0 Å². The van der Waals surface area contributed by atoms with Crippen LogP contribution in [0.1, 0.15) is 39.0 Å². The molecule has 0 radical (unpaired) electrons. The number of nitrogens with one attached hydrogen (secondary N) is 1. The molecule has 2 atom stereocenters. The van der Waals surface area contributed by atoms with E-state index in [1.165, 1.54) is 4.90 Å². The Balaban J connectivity index is 1.72. The van der Waals surface area contributed by atoms with Gasteiger partial charge in [-0.3, -0.25) is 4.79 Å². The Morgan fingerprint density at radius 1 is 1.29 bits per heavy atom. The summed E-state index contributed by atoms with van der Waals surface area (Å²) in [6.45, 7) is 2.80. The fourth-order valence-electron chi connectivity index (χ4n) is 3.26. The number of rotatable bonds is 4. The molecule has 0 spiro atoms. The van der Waals surface area contributed by atoms with Crippen molar-refractivity contribution in [3.05, 3.63) is 30.3 Å². The molecule has 1 saturated carbocycles. The standard InChI is InChI=1S/C17H23NO2S/c1-13-15(9-12-20-13)18-16(19)17(10-5-6-11-17)21-14-7-3-2-4-8-14/h2-4,7-8,13,15H,5-6,9-12H2,1H3,(H,18,19)/t13-,15+/m0/s1. The molecular weight excluding hydrogens is 282 g/mol. The second-order valence-electron chi connectivity index (χ2n) is 6.06. The zero-order valence-corrected chi connectivity index (χ0v) is 13.3. The van der Waals surface area contributed by atoms with Gasteiger partial charge in [-0.1, -0.05) is 31.0 Å². The zero-order chi connectivity index (χ0) is 14.7. The number of carbonyl (C=O) groups excluding carboxylic acids is 1. The molecule has 1 amide bonds. The Morgan fingerprint density at radius 3 is 2.62 bits per heavy atom. The van der Waals surface area contributed by atoms with Crippen LogP contribution < -0.4 is 5.32 Å². The van der Waals surface area contributed by atoms with Gasteiger partial charge in [0.2, 0.25) is 5.91 Å². The van der Waals surface area contributed by atoms with E-state index in [1.54, 1.807) is 11.8 Å². The number of hydrogen-bond donors (Lipinski definition) is 1. The highest BCUT2D eigenvalue weighted by Crippen LogP contribution is 2.45. The summed E-state index contributed by atoms with van der Waals surface area (Å²) in [5, 5.41) is 3.25. The van der Waals surface area contributed by atoms with Gasteiger partial charge in [-0.15, -0.1) is 11.8 Å². The Kier molecular flexibility index (Phi) is 4.55. The smallest absolute Gasteiger partial charge is 0.236 e. The molecule has 3 rings (SSSR count). The monoisotopic (exact) mass is 305 g/mol. The molecule has 114 valence electrons. The van der Waals surface area contributed by atoms with Gasteiger partial charge in [0.15, 0.2) is 0 Å². The van der Waals surface area contributed by atoms with Gasteiger partial charge in [-0.2, -0.15) is 0 Å². The van der Waals surface area contributed by atoms with Crippen LogP contribution in [0.3, 0.4) is 0 Å². The maximum absolute atomic E-state index is 12.9. The summed E-state index contributed by atoms with van der Waals surface area (Å²) in [6, 6.07) is 10.5. The van der Waals surface area contributed by atoms with Gasteiger partial charge >= 0.3 is 0 Å². The molecule has 21 heavy (non-hydrogen) atoms. The topological polar surface area (TPSA) is 38.3 Å². The fraction of sp³-hybridized carbons (Fsp3) is 0.588. The number of carbonyl (C=O) groups is 1. The highest BCUT2D eigenvalue weighted by molar-refractivity contribution is 8.01. The van der Waals surface area contributed by atoms with Gasteiger partial charge < -0.3 is 10.1 Å². The lowest BCUT2D eigenvalue weighted by atomic mass is 10.0. The molecule has 0 bridgehead atoms. The summed E-state index contributed by atoms with van der Waals surface area (Å²) in [6.07, 6.45) is 5.29. The zero-order valence-electron chi connectivity index (χ0n) is 12.5. The molecule has 1 aromatic carbocycles. The molecule has 4 heteroatoms. The average molecular weight is 305 g/mol. The quantitative estimate of drug-likeness (QED) is 0.926. The van der Waals surface area contributed by atoms with Crippen LogP contribution in [0, 0.1) is 0 Å². The summed E-state index contributed by atoms with van der Waals surface area (Å²) in [5.74, 6) is 0.205. The predicted octanol–water partition coefficient (Wildman–Crippen LogP) is 3.39. The first-order valence-corrected chi connectivity index (χ1v) is 8.68. The molecular formula is C17H23NO2S. The van der Waals surface area contributed by atoms with Crippen molar-refractivity contribution in [2.75, 3.05) is 6.61 Å². The predicted molar refractivity (Wildman–Crippen MR) is 85.5 cm³/mol. The highest BCUT2D eigenvalue weighted by atomic mass is 32.2. The number of benzene rings is 1. The Labute approximate surface area is 130 Å². The third-order valence-corrected chi connectivity index (χ3v) is 6.07. The number of hydrogen-bond acceptors (Lipinski definition) is 3. The van der Waals surface area contributed by atoms with Crippen molar-refractivity contribution in [2.45, 2.75) is 60.8 Å². The van der Waals surface area contributed by atoms with Gasteiger partial charge in [0, 0.05) is 11.5 Å². The van der Waals surface area contributed by atoms with Gasteiger partial charge in [-0.25, -0.2) is 0 Å². The van der Waals surface area contributed by atoms with Crippen LogP contribution in [-0.2, 0) is 9.53 Å². The van der Waals surface area contributed by atoms with E-state index >= 15 is 0 Å². The van der Waals surface area contributed by atoms with E-state index in [-0.39, 0.29) is 22.8 Å². The van der Waals surface area contributed by atoms with Crippen LogP contribution in [0.5, 0.6) is 0 Å². The van der Waals surface area contributed by atoms with Crippen LogP contribution in [0.25, 0.3) is 0 Å². The number of thioether (sulfide) groups is 1. The minimum absolute atomic E-state index is 0.133. The molecule has 1 aliphatic carbocycles. The van der Waals surface area contributed by atoms with Gasteiger partial charge in [0.1, 0.15) is 0 Å². The third-order valence-electron chi connectivity index (χ3n) is 4.57. The van der Waals surface area contributed by atoms with Crippen molar-refractivity contribution in [3.8, 4) is 0 Å². The summed E-state index contributed by atoms with van der Waals surface area (Å²) >= 11 is 1.74. The molecule has 1 heterocycles. The molecule has 1 aromatic rings. The van der Waals surface area contributed by atoms with Gasteiger partial charge in [-0.05, 0) is 38.3 Å². The van der Waals surface area contributed by atoms with E-state index in [0.717, 1.165) is 38.7 Å². The van der Waals surface area contributed by atoms with Crippen molar-refractivity contribution in [3.63, 3.8) is 0 Å². The molecule has 0 aromatic heterocycles. The SMILES string of the molecule is C[C@@H]1OCC[C@H]1NC(=O)C1(Sc2ccccc2)CCCC1. The van der Waals surface area contributed by atoms with E-state index in [0.29, 0.717) is 0 Å². The maximum Gasteiger partial charge on any atom is 0.236 e. The average Bonchev–Trinajstić information content (AvgIpc) is 3.11. The van der Waals surface area contributed by atoms with Crippen molar-refractivity contribution in [1.82, 2.24) is 5.32 Å². The van der Waals surface area contributed by atoms with Crippen molar-refractivity contribution in [2.24, 2.45) is 0 Å². The molecule has 2 aliphatic rings. The van der Waals surface area contributed by atoms with E-state index < -0.39 is 0 Å². The molecule has 1 N–H and O–H groups in total. The second-order valence-corrected chi connectivity index (χ2v) is 7.52. The summed E-state index contributed by atoms with van der Waals surface area (Å²) in [5.41, 5.74) is 0. The van der Waals surface area contributed by atoms with Crippen LogP contribution in [0.15, 0.2) is 35.2 Å². The van der Waals surface area contributed by atoms with Crippen LogP contribution in [-0.4, -0.2) is 29.4 Å². The summed E-state index contributed by atoms with van der Waals surface area (Å²) in [7, 11) is 0. The lowest BCUT2D eigenvalue weighted by Crippen LogP contribution is -2.48. The van der Waals surface area contributed by atoms with Crippen molar-refractivity contribution < 1.29 is 9.53 Å². The first-order valence-electron chi connectivity index (χ1n) is 7.86. The molecule has 0 unspecified atom stereocenters. The summed E-state index contributed by atoms with van der Waals surface area (Å²) in [4.78, 5) is 14.1. The maximum atomic E-state index is 12.9. The summed E-state index contributed by atoms with van der Waals surface area (Å²) < 4.78 is 5.27. The Bertz CT molecular complexity index is 485. The largest absolute Gasteiger partial charge is 0.376 e. The highest BCUT2D eigenvalue weighted by Gasteiger charge is 2.43. The second kappa shape index (κ2) is 6.41. The molecule has 1 saturated heterocycles. The van der Waals surface area contributed by atoms with Crippen LogP contribution in [0.4, 0.5) is 0 Å². The molecule has 3 nitrogen and oxygen atoms in total. The fourth-order valence-corrected chi connectivity index (χ4v) is 4.65. The first kappa shape index (κ1) is 14.9. The minimum Gasteiger partial charge on any atom is -0.376 e. The van der Waals surface area contributed by atoms with E-state index in [9.17, 15) is 4.79 Å². The van der Waals surface area contributed by atoms with Crippen LogP contribution in [0.2, 0.25) is 0 Å².